The van der Waals surface area contributed by atoms with Gasteiger partial charge in [-0.15, -0.1) is 0 Å². The summed E-state index contributed by atoms with van der Waals surface area (Å²) >= 11 is 6.05. The SMILES string of the molecule is O=C(Br)C1CC2CC1CC2C(=O)Br. The van der Waals surface area contributed by atoms with Crippen LogP contribution in [-0.4, -0.2) is 9.39 Å². The summed E-state index contributed by atoms with van der Waals surface area (Å²) in [6.07, 6.45) is 2.86. The van der Waals surface area contributed by atoms with Crippen molar-refractivity contribution in [2.45, 2.75) is 19.3 Å². The Balaban J connectivity index is 2.07. The zero-order chi connectivity index (χ0) is 9.59. The van der Waals surface area contributed by atoms with E-state index in [9.17, 15) is 9.59 Å². The maximum atomic E-state index is 11.1. The predicted molar refractivity (Wildman–Crippen MR) is 55.7 cm³/mol. The fourth-order valence-electron chi connectivity index (χ4n) is 2.83. The molecule has 2 fully saturated rings. The van der Waals surface area contributed by atoms with Crippen LogP contribution < -0.4 is 0 Å². The van der Waals surface area contributed by atoms with Gasteiger partial charge < -0.3 is 0 Å². The second kappa shape index (κ2) is 3.46. The number of rotatable bonds is 2. The Bertz CT molecular complexity index is 238. The topological polar surface area (TPSA) is 34.1 Å². The number of carbonyl (C=O) groups excluding carboxylic acids is 2. The number of hydrogen-bond donors (Lipinski definition) is 0. The van der Waals surface area contributed by atoms with E-state index in [4.69, 9.17) is 0 Å². The van der Waals surface area contributed by atoms with Crippen molar-refractivity contribution in [1.29, 1.82) is 0 Å². The lowest BCUT2D eigenvalue weighted by atomic mass is 9.83. The molecule has 0 aliphatic heterocycles. The third-order valence-electron chi connectivity index (χ3n) is 3.44. The second-order valence-electron chi connectivity index (χ2n) is 4.05. The van der Waals surface area contributed by atoms with Crippen molar-refractivity contribution in [3.05, 3.63) is 0 Å². The molecule has 0 aromatic rings. The highest BCUT2D eigenvalue weighted by molar-refractivity contribution is 9.18. The predicted octanol–water partition coefficient (Wildman–Crippen LogP) is 2.49. The Kier molecular flexibility index (Phi) is 2.62. The van der Waals surface area contributed by atoms with Crippen LogP contribution in [-0.2, 0) is 9.59 Å². The Morgan fingerprint density at radius 1 is 0.846 bits per heavy atom. The lowest BCUT2D eigenvalue weighted by molar-refractivity contribution is -0.119. The first-order chi connectivity index (χ1) is 6.09. The zero-order valence-electron chi connectivity index (χ0n) is 7.00. The molecule has 4 atom stereocenters. The Morgan fingerprint density at radius 2 is 1.23 bits per heavy atom. The molecule has 2 bridgehead atoms. The van der Waals surface area contributed by atoms with Gasteiger partial charge in [0, 0.05) is 11.8 Å². The highest BCUT2D eigenvalue weighted by atomic mass is 79.9. The molecule has 0 radical (unpaired) electrons. The van der Waals surface area contributed by atoms with Crippen LogP contribution >= 0.6 is 31.9 Å². The molecule has 0 aromatic carbocycles. The number of halogens is 2. The molecule has 0 aromatic heterocycles. The van der Waals surface area contributed by atoms with Crippen LogP contribution in [0.25, 0.3) is 0 Å². The smallest absolute Gasteiger partial charge is 0.201 e. The van der Waals surface area contributed by atoms with Gasteiger partial charge in [0.15, 0.2) is 0 Å². The van der Waals surface area contributed by atoms with Crippen molar-refractivity contribution >= 4 is 41.2 Å². The van der Waals surface area contributed by atoms with E-state index in [0.29, 0.717) is 11.8 Å². The summed E-state index contributed by atoms with van der Waals surface area (Å²) in [4.78, 5) is 22.3. The van der Waals surface area contributed by atoms with Crippen molar-refractivity contribution in [3.8, 4) is 0 Å². The van der Waals surface area contributed by atoms with Gasteiger partial charge in [0.2, 0.25) is 9.39 Å². The third kappa shape index (κ3) is 1.63. The summed E-state index contributed by atoms with van der Waals surface area (Å²) in [6.45, 7) is 0. The van der Waals surface area contributed by atoms with E-state index >= 15 is 0 Å². The fraction of sp³-hybridized carbons (Fsp3) is 0.778. The lowest BCUT2D eigenvalue weighted by Gasteiger charge is -2.23. The number of fused-ring (bicyclic) bond motifs is 2. The largest absolute Gasteiger partial charge is 0.286 e. The Hall–Kier alpha value is 0.300. The van der Waals surface area contributed by atoms with Gasteiger partial charge in [-0.1, -0.05) is 0 Å². The van der Waals surface area contributed by atoms with E-state index in [2.05, 4.69) is 31.9 Å². The minimum Gasteiger partial charge on any atom is -0.286 e. The molecule has 0 saturated heterocycles. The fourth-order valence-corrected chi connectivity index (χ4v) is 3.95. The lowest BCUT2D eigenvalue weighted by Crippen LogP contribution is -2.24. The van der Waals surface area contributed by atoms with Crippen LogP contribution in [0.15, 0.2) is 0 Å². The average Bonchev–Trinajstić information content (AvgIpc) is 2.60. The van der Waals surface area contributed by atoms with Crippen LogP contribution in [0.1, 0.15) is 19.3 Å². The second-order valence-corrected chi connectivity index (χ2v) is 5.61. The van der Waals surface area contributed by atoms with Crippen molar-refractivity contribution in [3.63, 3.8) is 0 Å². The summed E-state index contributed by atoms with van der Waals surface area (Å²) in [6, 6.07) is 0. The van der Waals surface area contributed by atoms with Gasteiger partial charge >= 0.3 is 0 Å². The van der Waals surface area contributed by atoms with E-state index in [1.54, 1.807) is 0 Å². The molecule has 2 saturated carbocycles. The Labute approximate surface area is 93.7 Å². The molecule has 2 nitrogen and oxygen atoms in total. The van der Waals surface area contributed by atoms with E-state index < -0.39 is 0 Å². The number of hydrogen-bond acceptors (Lipinski definition) is 2. The Morgan fingerprint density at radius 3 is 1.46 bits per heavy atom. The normalized spacial score (nSPS) is 42.3. The standard InChI is InChI=1S/C9H10Br2O2/c10-8(12)6-2-4-1-5(6)3-7(4)9(11)13/h4-7H,1-3H2. The molecule has 0 N–H and O–H groups in total. The molecule has 4 heteroatoms. The minimum atomic E-state index is 0.125. The maximum Gasteiger partial charge on any atom is 0.201 e. The molecule has 0 spiro atoms. The molecule has 2 rings (SSSR count). The third-order valence-corrected chi connectivity index (χ3v) is 4.62. The van der Waals surface area contributed by atoms with E-state index in [1.165, 1.54) is 0 Å². The molecule has 0 amide bonds. The summed E-state index contributed by atoms with van der Waals surface area (Å²) < 4.78 is 0.251. The molecule has 2 aliphatic rings. The van der Waals surface area contributed by atoms with Crippen LogP contribution in [0.3, 0.4) is 0 Å². The van der Waals surface area contributed by atoms with Crippen molar-refractivity contribution < 1.29 is 9.59 Å². The van der Waals surface area contributed by atoms with Crippen molar-refractivity contribution in [2.24, 2.45) is 23.7 Å². The van der Waals surface area contributed by atoms with Gasteiger partial charge in [0.25, 0.3) is 0 Å². The van der Waals surface area contributed by atoms with Gasteiger partial charge in [-0.05, 0) is 63.0 Å². The quantitative estimate of drug-likeness (QED) is 0.734. The molecular weight excluding hydrogens is 300 g/mol. The number of carbonyl (C=O) groups is 2. The van der Waals surface area contributed by atoms with Gasteiger partial charge in [0.1, 0.15) is 0 Å². The molecule has 4 unspecified atom stereocenters. The average molecular weight is 310 g/mol. The molecule has 0 heterocycles. The maximum absolute atomic E-state index is 11.1. The van der Waals surface area contributed by atoms with E-state index in [1.807, 2.05) is 0 Å². The summed E-state index contributed by atoms with van der Waals surface area (Å²) in [5.74, 6) is 1.24. The first-order valence-corrected chi connectivity index (χ1v) is 6.07. The van der Waals surface area contributed by atoms with Crippen LogP contribution in [0.4, 0.5) is 0 Å². The van der Waals surface area contributed by atoms with Gasteiger partial charge in [-0.2, -0.15) is 0 Å². The van der Waals surface area contributed by atoms with Crippen LogP contribution in [0.2, 0.25) is 0 Å². The minimum absolute atomic E-state index is 0.125. The molecular formula is C9H10Br2O2. The van der Waals surface area contributed by atoms with Gasteiger partial charge in [-0.3, -0.25) is 9.59 Å². The highest BCUT2D eigenvalue weighted by Crippen LogP contribution is 2.53. The molecule has 2 aliphatic carbocycles. The summed E-state index contributed by atoms with van der Waals surface area (Å²) in [7, 11) is 0. The summed E-state index contributed by atoms with van der Waals surface area (Å²) in [5.41, 5.74) is 0. The first-order valence-electron chi connectivity index (χ1n) is 4.48. The van der Waals surface area contributed by atoms with Crippen molar-refractivity contribution in [1.82, 2.24) is 0 Å². The molecule has 72 valence electrons. The zero-order valence-corrected chi connectivity index (χ0v) is 10.2. The monoisotopic (exact) mass is 308 g/mol. The van der Waals surface area contributed by atoms with Crippen LogP contribution in [0.5, 0.6) is 0 Å². The van der Waals surface area contributed by atoms with Crippen molar-refractivity contribution in [2.75, 3.05) is 0 Å². The summed E-state index contributed by atoms with van der Waals surface area (Å²) in [5, 5.41) is 0. The van der Waals surface area contributed by atoms with Gasteiger partial charge in [-0.25, -0.2) is 0 Å². The van der Waals surface area contributed by atoms with E-state index in [0.717, 1.165) is 19.3 Å². The highest BCUT2D eigenvalue weighted by Gasteiger charge is 2.49. The van der Waals surface area contributed by atoms with Crippen LogP contribution in [0, 0.1) is 23.7 Å². The van der Waals surface area contributed by atoms with Gasteiger partial charge in [0.05, 0.1) is 0 Å². The van der Waals surface area contributed by atoms with E-state index in [-0.39, 0.29) is 21.2 Å². The first kappa shape index (κ1) is 9.84. The molecule has 13 heavy (non-hydrogen) atoms.